The van der Waals surface area contributed by atoms with Crippen molar-refractivity contribution in [3.8, 4) is 0 Å². The fourth-order valence-electron chi connectivity index (χ4n) is 3.09. The molecule has 0 bridgehead atoms. The number of aryl methyl sites for hydroxylation is 2. The number of nitrogens with one attached hydrogen (secondary N) is 1. The highest BCUT2D eigenvalue weighted by atomic mass is 16.5. The summed E-state index contributed by atoms with van der Waals surface area (Å²) in [7, 11) is 0. The lowest BCUT2D eigenvalue weighted by Crippen LogP contribution is -2.48. The number of hydrogen-bond acceptors (Lipinski definition) is 5. The van der Waals surface area contributed by atoms with Crippen molar-refractivity contribution in [3.63, 3.8) is 0 Å². The van der Waals surface area contributed by atoms with Crippen molar-refractivity contribution in [1.29, 1.82) is 0 Å². The number of carbonyl (C=O) groups excluding carboxylic acids is 1. The Morgan fingerprint density at radius 3 is 3.04 bits per heavy atom. The Morgan fingerprint density at radius 2 is 2.35 bits per heavy atom. The van der Waals surface area contributed by atoms with E-state index in [1.165, 1.54) is 0 Å². The Morgan fingerprint density at radius 1 is 1.48 bits per heavy atom. The largest absolute Gasteiger partial charge is 0.361 e. The van der Waals surface area contributed by atoms with Gasteiger partial charge in [0.05, 0.1) is 12.0 Å². The molecule has 0 saturated carbocycles. The topological polar surface area (TPSA) is 76.2 Å². The van der Waals surface area contributed by atoms with Gasteiger partial charge in [0.1, 0.15) is 12.3 Å². The lowest BCUT2D eigenvalue weighted by molar-refractivity contribution is -0.122. The predicted molar refractivity (Wildman–Crippen MR) is 84.6 cm³/mol. The first-order valence-electron chi connectivity index (χ1n) is 8.01. The van der Waals surface area contributed by atoms with E-state index in [0.717, 1.165) is 49.5 Å². The van der Waals surface area contributed by atoms with Crippen molar-refractivity contribution in [3.05, 3.63) is 35.7 Å². The van der Waals surface area contributed by atoms with Gasteiger partial charge in [0.25, 0.3) is 0 Å². The Kier molecular flexibility index (Phi) is 4.76. The van der Waals surface area contributed by atoms with Gasteiger partial charge in [0.15, 0.2) is 0 Å². The Labute approximate surface area is 135 Å². The number of amides is 1. The van der Waals surface area contributed by atoms with Gasteiger partial charge in [-0.1, -0.05) is 5.16 Å². The van der Waals surface area contributed by atoms with Crippen molar-refractivity contribution in [2.75, 3.05) is 13.1 Å². The van der Waals surface area contributed by atoms with E-state index < -0.39 is 0 Å². The number of piperidine rings is 1. The van der Waals surface area contributed by atoms with E-state index in [-0.39, 0.29) is 11.9 Å². The average molecular weight is 317 g/mol. The highest BCUT2D eigenvalue weighted by molar-refractivity contribution is 5.76. The van der Waals surface area contributed by atoms with Crippen LogP contribution in [0.15, 0.2) is 23.2 Å². The summed E-state index contributed by atoms with van der Waals surface area (Å²) in [6.07, 6.45) is 7.24. The fraction of sp³-hybridized carbons (Fsp3) is 0.562. The van der Waals surface area contributed by atoms with Crippen molar-refractivity contribution >= 4 is 5.91 Å². The van der Waals surface area contributed by atoms with Gasteiger partial charge in [-0.05, 0) is 33.2 Å². The van der Waals surface area contributed by atoms with Gasteiger partial charge < -0.3 is 14.4 Å². The smallest absolute Gasteiger partial charge is 0.240 e. The molecule has 1 atom stereocenters. The third-order valence-corrected chi connectivity index (χ3v) is 4.32. The van der Waals surface area contributed by atoms with E-state index in [1.54, 1.807) is 23.3 Å². The Bertz CT molecular complexity index is 630. The van der Waals surface area contributed by atoms with Crippen LogP contribution in [-0.4, -0.2) is 44.6 Å². The van der Waals surface area contributed by atoms with Crippen LogP contribution >= 0.6 is 0 Å². The molecule has 2 aromatic heterocycles. The van der Waals surface area contributed by atoms with Crippen LogP contribution in [0, 0.1) is 13.8 Å². The molecule has 0 aromatic carbocycles. The molecule has 7 nitrogen and oxygen atoms in total. The second-order valence-corrected chi connectivity index (χ2v) is 6.18. The van der Waals surface area contributed by atoms with Crippen LogP contribution in [0.5, 0.6) is 0 Å². The van der Waals surface area contributed by atoms with E-state index in [9.17, 15) is 4.79 Å². The average Bonchev–Trinajstić information content (AvgIpc) is 3.13. The molecule has 1 N–H and O–H groups in total. The summed E-state index contributed by atoms with van der Waals surface area (Å²) in [5.41, 5.74) is 2.11. The molecule has 1 aliphatic heterocycles. The lowest BCUT2D eigenvalue weighted by Gasteiger charge is -2.33. The van der Waals surface area contributed by atoms with Crippen LogP contribution in [0.25, 0.3) is 0 Å². The molecule has 124 valence electrons. The minimum absolute atomic E-state index is 0.0344. The van der Waals surface area contributed by atoms with Gasteiger partial charge >= 0.3 is 0 Å². The van der Waals surface area contributed by atoms with E-state index >= 15 is 0 Å². The number of rotatable bonds is 5. The lowest BCUT2D eigenvalue weighted by atomic mass is 10.0. The zero-order chi connectivity index (χ0) is 16.2. The van der Waals surface area contributed by atoms with Crippen molar-refractivity contribution in [1.82, 2.24) is 24.9 Å². The quantitative estimate of drug-likeness (QED) is 0.899. The summed E-state index contributed by atoms with van der Waals surface area (Å²) in [5, 5.41) is 7.14. The molecular weight excluding hydrogens is 294 g/mol. The molecule has 2 aromatic rings. The SMILES string of the molecule is Cc1noc(C)c1CN1CCCC(NC(=O)Cn2ccnc2)C1. The maximum absolute atomic E-state index is 12.1. The number of nitrogens with zero attached hydrogens (tertiary/aromatic N) is 4. The van der Waals surface area contributed by atoms with Gasteiger partial charge in [-0.25, -0.2) is 4.98 Å². The highest BCUT2D eigenvalue weighted by Crippen LogP contribution is 2.18. The summed E-state index contributed by atoms with van der Waals surface area (Å²) in [4.78, 5) is 18.4. The van der Waals surface area contributed by atoms with Crippen LogP contribution in [0.3, 0.4) is 0 Å². The fourth-order valence-corrected chi connectivity index (χ4v) is 3.09. The number of carbonyl (C=O) groups is 1. The molecular formula is C16H23N5O2. The molecule has 3 heterocycles. The first-order valence-corrected chi connectivity index (χ1v) is 8.01. The standard InChI is InChI=1S/C16H23N5O2/c1-12-15(13(2)23-19-12)9-20-6-3-4-14(8-20)18-16(22)10-21-7-5-17-11-21/h5,7,11,14H,3-4,6,8-10H2,1-2H3,(H,18,22). The number of likely N-dealkylation sites (tertiary alicyclic amines) is 1. The molecule has 1 saturated heterocycles. The van der Waals surface area contributed by atoms with Crippen molar-refractivity contribution in [2.45, 2.75) is 45.8 Å². The molecule has 1 amide bonds. The summed E-state index contributed by atoms with van der Waals surface area (Å²) in [6, 6.07) is 0.195. The van der Waals surface area contributed by atoms with Gasteiger partial charge in [-0.3, -0.25) is 9.69 Å². The van der Waals surface area contributed by atoms with E-state index in [2.05, 4.69) is 20.4 Å². The van der Waals surface area contributed by atoms with E-state index in [4.69, 9.17) is 4.52 Å². The summed E-state index contributed by atoms with van der Waals surface area (Å²) in [5.74, 6) is 0.918. The molecule has 7 heteroatoms. The maximum Gasteiger partial charge on any atom is 0.240 e. The van der Waals surface area contributed by atoms with Crippen LogP contribution < -0.4 is 5.32 Å². The number of imidazole rings is 1. The van der Waals surface area contributed by atoms with Gasteiger partial charge in [0.2, 0.25) is 5.91 Å². The van der Waals surface area contributed by atoms with Crippen LogP contribution in [-0.2, 0) is 17.9 Å². The molecule has 1 aliphatic rings. The number of hydrogen-bond donors (Lipinski definition) is 1. The van der Waals surface area contributed by atoms with Crippen molar-refractivity contribution < 1.29 is 9.32 Å². The summed E-state index contributed by atoms with van der Waals surface area (Å²) >= 11 is 0. The highest BCUT2D eigenvalue weighted by Gasteiger charge is 2.23. The first kappa shape index (κ1) is 15.7. The van der Waals surface area contributed by atoms with Crippen LogP contribution in [0.1, 0.15) is 29.9 Å². The van der Waals surface area contributed by atoms with E-state index in [0.29, 0.717) is 6.54 Å². The van der Waals surface area contributed by atoms with Crippen LogP contribution in [0.2, 0.25) is 0 Å². The van der Waals surface area contributed by atoms with Gasteiger partial charge in [-0.15, -0.1) is 0 Å². The second-order valence-electron chi connectivity index (χ2n) is 6.18. The van der Waals surface area contributed by atoms with Crippen LogP contribution in [0.4, 0.5) is 0 Å². The Balaban J connectivity index is 1.53. The number of aromatic nitrogens is 3. The normalized spacial score (nSPS) is 19.0. The summed E-state index contributed by atoms with van der Waals surface area (Å²) in [6.45, 7) is 6.97. The zero-order valence-electron chi connectivity index (χ0n) is 13.7. The molecule has 23 heavy (non-hydrogen) atoms. The third kappa shape index (κ3) is 3.98. The summed E-state index contributed by atoms with van der Waals surface area (Å²) < 4.78 is 7.01. The molecule has 1 unspecified atom stereocenters. The third-order valence-electron chi connectivity index (χ3n) is 4.32. The minimum atomic E-state index is 0.0344. The maximum atomic E-state index is 12.1. The minimum Gasteiger partial charge on any atom is -0.361 e. The molecule has 0 aliphatic carbocycles. The predicted octanol–water partition coefficient (Wildman–Crippen LogP) is 1.27. The van der Waals surface area contributed by atoms with Gasteiger partial charge in [-0.2, -0.15) is 0 Å². The zero-order valence-corrected chi connectivity index (χ0v) is 13.7. The van der Waals surface area contributed by atoms with E-state index in [1.807, 2.05) is 13.8 Å². The monoisotopic (exact) mass is 317 g/mol. The molecule has 0 spiro atoms. The molecule has 1 fully saturated rings. The molecule has 0 radical (unpaired) electrons. The molecule has 3 rings (SSSR count). The van der Waals surface area contributed by atoms with Crippen molar-refractivity contribution in [2.24, 2.45) is 0 Å². The Hall–Kier alpha value is -2.15. The first-order chi connectivity index (χ1) is 11.1. The van der Waals surface area contributed by atoms with Gasteiger partial charge in [0, 0.05) is 37.1 Å². The second kappa shape index (κ2) is 6.95.